The highest BCUT2D eigenvalue weighted by molar-refractivity contribution is 7.99. The molecule has 1 aromatic carbocycles. The third kappa shape index (κ3) is 4.36. The fraction of sp³-hybridized carbons (Fsp3) is 0.267. The Kier molecular flexibility index (Phi) is 5.60. The number of hydrogen-bond donors (Lipinski definition) is 2. The second-order valence-electron chi connectivity index (χ2n) is 4.65. The number of rotatable bonds is 7. The van der Waals surface area contributed by atoms with Gasteiger partial charge in [0.25, 0.3) is 5.91 Å². The van der Waals surface area contributed by atoms with Crippen LogP contribution in [0.5, 0.6) is 0 Å². The number of carbonyl (C=O) groups excluding carboxylic acids is 1. The van der Waals surface area contributed by atoms with Crippen molar-refractivity contribution in [2.24, 2.45) is 0 Å². The van der Waals surface area contributed by atoms with Gasteiger partial charge in [0.05, 0.1) is 11.4 Å². The van der Waals surface area contributed by atoms with Gasteiger partial charge in [0.2, 0.25) is 0 Å². The average molecular weight is 319 g/mol. The van der Waals surface area contributed by atoms with Crippen LogP contribution < -0.4 is 5.32 Å². The number of carbonyl (C=O) groups is 2. The first-order chi connectivity index (χ1) is 10.6. The number of thioether (sulfide) groups is 1. The molecular weight excluding hydrogens is 302 g/mol. The molecule has 2 aromatic rings. The van der Waals surface area contributed by atoms with Gasteiger partial charge in [-0.15, -0.1) is 11.8 Å². The molecule has 0 radical (unpaired) electrons. The molecule has 116 valence electrons. The van der Waals surface area contributed by atoms with E-state index in [0.29, 0.717) is 17.9 Å². The standard InChI is InChI=1S/C15H17N3O3S/c1-11-9-12(3-4-13(11)18-7-2-5-17-18)15(21)16-6-8-22-10-14(19)20/h2-5,7,9H,6,8,10H2,1H3,(H,16,21)(H,19,20). The number of aromatic nitrogens is 2. The maximum absolute atomic E-state index is 12.0. The molecule has 7 heteroatoms. The lowest BCUT2D eigenvalue weighted by atomic mass is 10.1. The third-order valence-corrected chi connectivity index (χ3v) is 3.91. The van der Waals surface area contributed by atoms with E-state index in [-0.39, 0.29) is 11.7 Å². The van der Waals surface area contributed by atoms with Gasteiger partial charge in [-0.05, 0) is 36.8 Å². The number of nitrogens with zero attached hydrogens (tertiary/aromatic N) is 2. The number of aryl methyl sites for hydroxylation is 1. The molecule has 0 saturated heterocycles. The molecule has 0 saturated carbocycles. The van der Waals surface area contributed by atoms with Gasteiger partial charge in [-0.1, -0.05) is 0 Å². The number of hydrogen-bond acceptors (Lipinski definition) is 4. The van der Waals surface area contributed by atoms with Crippen LogP contribution in [0.1, 0.15) is 15.9 Å². The van der Waals surface area contributed by atoms with Gasteiger partial charge in [0.1, 0.15) is 0 Å². The Hall–Kier alpha value is -2.28. The summed E-state index contributed by atoms with van der Waals surface area (Å²) in [7, 11) is 0. The molecule has 6 nitrogen and oxygen atoms in total. The summed E-state index contributed by atoms with van der Waals surface area (Å²) in [6.45, 7) is 2.37. The summed E-state index contributed by atoms with van der Waals surface area (Å²) < 4.78 is 1.75. The Bertz CT molecular complexity index is 656. The number of carboxylic acid groups (broad SMARTS) is 1. The van der Waals surface area contributed by atoms with E-state index in [1.807, 2.05) is 31.3 Å². The van der Waals surface area contributed by atoms with Crippen LogP contribution in [0.4, 0.5) is 0 Å². The van der Waals surface area contributed by atoms with Gasteiger partial charge >= 0.3 is 5.97 Å². The number of carboxylic acids is 1. The maximum atomic E-state index is 12.0. The predicted molar refractivity (Wildman–Crippen MR) is 85.6 cm³/mol. The Labute approximate surface area is 132 Å². The average Bonchev–Trinajstić information content (AvgIpc) is 3.00. The van der Waals surface area contributed by atoms with Crippen molar-refractivity contribution in [2.75, 3.05) is 18.1 Å². The molecule has 2 rings (SSSR count). The van der Waals surface area contributed by atoms with Crippen molar-refractivity contribution in [1.29, 1.82) is 0 Å². The van der Waals surface area contributed by atoms with Crippen molar-refractivity contribution < 1.29 is 14.7 Å². The fourth-order valence-corrected chi connectivity index (χ4v) is 2.53. The molecule has 0 fully saturated rings. The molecule has 0 bridgehead atoms. The van der Waals surface area contributed by atoms with E-state index in [1.54, 1.807) is 16.9 Å². The summed E-state index contributed by atoms with van der Waals surface area (Å²) in [6.07, 6.45) is 3.55. The minimum atomic E-state index is -0.846. The number of amides is 1. The molecule has 0 aliphatic carbocycles. The van der Waals surface area contributed by atoms with Gasteiger partial charge in [0.15, 0.2) is 0 Å². The Morgan fingerprint density at radius 1 is 1.41 bits per heavy atom. The van der Waals surface area contributed by atoms with E-state index < -0.39 is 5.97 Å². The van der Waals surface area contributed by atoms with Crippen molar-refractivity contribution in [2.45, 2.75) is 6.92 Å². The Morgan fingerprint density at radius 2 is 2.23 bits per heavy atom. The van der Waals surface area contributed by atoms with Crippen molar-refractivity contribution in [1.82, 2.24) is 15.1 Å². The van der Waals surface area contributed by atoms with E-state index in [2.05, 4.69) is 10.4 Å². The molecule has 0 spiro atoms. The van der Waals surface area contributed by atoms with Crippen molar-refractivity contribution in [3.8, 4) is 5.69 Å². The second kappa shape index (κ2) is 7.65. The quantitative estimate of drug-likeness (QED) is 0.759. The second-order valence-corrected chi connectivity index (χ2v) is 5.76. The number of benzene rings is 1. The first-order valence-electron chi connectivity index (χ1n) is 6.76. The summed E-state index contributed by atoms with van der Waals surface area (Å²) in [6, 6.07) is 7.27. The minimum Gasteiger partial charge on any atom is -0.481 e. The zero-order valence-electron chi connectivity index (χ0n) is 12.2. The van der Waals surface area contributed by atoms with Crippen molar-refractivity contribution in [3.63, 3.8) is 0 Å². The highest BCUT2D eigenvalue weighted by atomic mass is 32.2. The van der Waals surface area contributed by atoms with Crippen LogP contribution in [0.25, 0.3) is 5.69 Å². The molecule has 0 aliphatic heterocycles. The van der Waals surface area contributed by atoms with E-state index in [4.69, 9.17) is 5.11 Å². The molecule has 1 heterocycles. The molecule has 1 amide bonds. The van der Waals surface area contributed by atoms with Crippen LogP contribution in [0, 0.1) is 6.92 Å². The predicted octanol–water partition coefficient (Wildman–Crippen LogP) is 1.73. The topological polar surface area (TPSA) is 84.2 Å². The van der Waals surface area contributed by atoms with Gasteiger partial charge in [-0.25, -0.2) is 4.68 Å². The maximum Gasteiger partial charge on any atom is 0.313 e. The summed E-state index contributed by atoms with van der Waals surface area (Å²) in [5.41, 5.74) is 2.46. The van der Waals surface area contributed by atoms with Gasteiger partial charge < -0.3 is 10.4 Å². The molecule has 1 aromatic heterocycles. The lowest BCUT2D eigenvalue weighted by Crippen LogP contribution is -2.26. The van der Waals surface area contributed by atoms with Gasteiger partial charge in [0, 0.05) is 30.3 Å². The Morgan fingerprint density at radius 3 is 2.86 bits per heavy atom. The van der Waals surface area contributed by atoms with Gasteiger partial charge in [-0.2, -0.15) is 5.10 Å². The van der Waals surface area contributed by atoms with Crippen LogP contribution >= 0.6 is 11.8 Å². The normalized spacial score (nSPS) is 10.4. The van der Waals surface area contributed by atoms with Crippen LogP contribution in [-0.4, -0.2) is 44.8 Å². The largest absolute Gasteiger partial charge is 0.481 e. The molecule has 2 N–H and O–H groups in total. The smallest absolute Gasteiger partial charge is 0.313 e. The number of aliphatic carboxylic acids is 1. The molecular formula is C15H17N3O3S. The number of nitrogens with one attached hydrogen (secondary N) is 1. The lowest BCUT2D eigenvalue weighted by molar-refractivity contribution is -0.133. The minimum absolute atomic E-state index is 0.0492. The van der Waals surface area contributed by atoms with Crippen LogP contribution in [-0.2, 0) is 4.79 Å². The summed E-state index contributed by atoms with van der Waals surface area (Å²) >= 11 is 1.28. The molecule has 0 atom stereocenters. The molecule has 0 aliphatic rings. The molecule has 0 unspecified atom stereocenters. The highest BCUT2D eigenvalue weighted by Gasteiger charge is 2.08. The third-order valence-electron chi connectivity index (χ3n) is 2.97. The van der Waals surface area contributed by atoms with E-state index in [0.717, 1.165) is 11.3 Å². The van der Waals surface area contributed by atoms with E-state index in [1.165, 1.54) is 11.8 Å². The monoisotopic (exact) mass is 319 g/mol. The summed E-state index contributed by atoms with van der Waals surface area (Å²) in [4.78, 5) is 22.4. The zero-order chi connectivity index (χ0) is 15.9. The van der Waals surface area contributed by atoms with Crippen LogP contribution in [0.15, 0.2) is 36.7 Å². The van der Waals surface area contributed by atoms with Crippen LogP contribution in [0.2, 0.25) is 0 Å². The van der Waals surface area contributed by atoms with E-state index >= 15 is 0 Å². The lowest BCUT2D eigenvalue weighted by Gasteiger charge is -2.09. The Balaban J connectivity index is 1.91. The first-order valence-corrected chi connectivity index (χ1v) is 7.92. The zero-order valence-corrected chi connectivity index (χ0v) is 13.0. The summed E-state index contributed by atoms with van der Waals surface area (Å²) in [5, 5.41) is 15.5. The van der Waals surface area contributed by atoms with Gasteiger partial charge in [-0.3, -0.25) is 9.59 Å². The fourth-order valence-electron chi connectivity index (χ4n) is 1.96. The molecule has 22 heavy (non-hydrogen) atoms. The first kappa shape index (κ1) is 16.1. The van der Waals surface area contributed by atoms with Crippen molar-refractivity contribution in [3.05, 3.63) is 47.8 Å². The van der Waals surface area contributed by atoms with E-state index in [9.17, 15) is 9.59 Å². The highest BCUT2D eigenvalue weighted by Crippen LogP contribution is 2.15. The summed E-state index contributed by atoms with van der Waals surface area (Å²) in [5.74, 6) is -0.386. The SMILES string of the molecule is Cc1cc(C(=O)NCCSCC(=O)O)ccc1-n1cccn1. The van der Waals surface area contributed by atoms with Crippen molar-refractivity contribution >= 4 is 23.6 Å². The van der Waals surface area contributed by atoms with Crippen LogP contribution in [0.3, 0.4) is 0 Å².